The number of nitrogens with zero attached hydrogens (tertiary/aromatic N) is 2. The van der Waals surface area contributed by atoms with Gasteiger partial charge in [0.2, 0.25) is 0 Å². The van der Waals surface area contributed by atoms with E-state index in [2.05, 4.69) is 45.9 Å². The number of aliphatic imine (C=N–C) groups is 1. The summed E-state index contributed by atoms with van der Waals surface area (Å²) in [6, 6.07) is 2.20. The molecule has 0 bridgehead atoms. The van der Waals surface area contributed by atoms with Crippen LogP contribution >= 0.6 is 11.3 Å². The van der Waals surface area contributed by atoms with Crippen LogP contribution in [-0.2, 0) is 4.74 Å². The van der Waals surface area contributed by atoms with Crippen LogP contribution in [0.15, 0.2) is 21.8 Å². The van der Waals surface area contributed by atoms with Gasteiger partial charge in [0.1, 0.15) is 0 Å². The van der Waals surface area contributed by atoms with Crippen LogP contribution in [0, 0.1) is 5.92 Å². The highest BCUT2D eigenvalue weighted by Gasteiger charge is 2.25. The molecule has 2 unspecified atom stereocenters. The molecule has 1 fully saturated rings. The quantitative estimate of drug-likeness (QED) is 0.648. The van der Waals surface area contributed by atoms with Gasteiger partial charge in [0.25, 0.3) is 0 Å². The van der Waals surface area contributed by atoms with Crippen LogP contribution in [0.3, 0.4) is 0 Å². The molecule has 0 aromatic carbocycles. The van der Waals surface area contributed by atoms with E-state index in [9.17, 15) is 0 Å². The number of hydrogen-bond donors (Lipinski definition) is 1. The van der Waals surface area contributed by atoms with E-state index in [1.807, 2.05) is 7.05 Å². The largest absolute Gasteiger partial charge is 0.381 e. The van der Waals surface area contributed by atoms with Crippen LogP contribution in [0.2, 0.25) is 0 Å². The van der Waals surface area contributed by atoms with Gasteiger partial charge < -0.3 is 15.0 Å². The maximum Gasteiger partial charge on any atom is 0.193 e. The second kappa shape index (κ2) is 8.39. The average Bonchev–Trinajstić information content (AvgIpc) is 3.17. The summed E-state index contributed by atoms with van der Waals surface area (Å²) in [5, 5.41) is 7.88. The Kier molecular flexibility index (Phi) is 6.51. The number of rotatable bonds is 6. The molecule has 2 heterocycles. The summed E-state index contributed by atoms with van der Waals surface area (Å²) in [5.74, 6) is 2.17. The van der Waals surface area contributed by atoms with Crippen molar-refractivity contribution in [3.05, 3.63) is 22.4 Å². The van der Waals surface area contributed by atoms with Crippen molar-refractivity contribution in [1.82, 2.24) is 10.2 Å². The minimum atomic E-state index is 0.509. The first-order valence-corrected chi connectivity index (χ1v) is 8.74. The summed E-state index contributed by atoms with van der Waals surface area (Å²) in [6.07, 6.45) is 1.20. The zero-order valence-electron chi connectivity index (χ0n) is 13.3. The highest BCUT2D eigenvalue weighted by atomic mass is 32.1. The topological polar surface area (TPSA) is 36.9 Å². The summed E-state index contributed by atoms with van der Waals surface area (Å²) in [4.78, 5) is 6.78. The second-order valence-corrected chi connectivity index (χ2v) is 6.43. The summed E-state index contributed by atoms with van der Waals surface area (Å²) >= 11 is 1.76. The summed E-state index contributed by atoms with van der Waals surface area (Å²) in [7, 11) is 1.87. The molecule has 1 aromatic rings. The minimum Gasteiger partial charge on any atom is -0.381 e. The highest BCUT2D eigenvalue weighted by molar-refractivity contribution is 7.07. The molecular weight excluding hydrogens is 282 g/mol. The lowest BCUT2D eigenvalue weighted by Gasteiger charge is -2.23. The lowest BCUT2D eigenvalue weighted by Crippen LogP contribution is -2.41. The van der Waals surface area contributed by atoms with E-state index < -0.39 is 0 Å². The maximum absolute atomic E-state index is 5.54. The Bertz CT molecular complexity index is 433. The molecule has 0 radical (unpaired) electrons. The van der Waals surface area contributed by atoms with Gasteiger partial charge in [0.05, 0.1) is 6.61 Å². The predicted octanol–water partition coefficient (Wildman–Crippen LogP) is 2.79. The number of guanidine groups is 1. The Labute approximate surface area is 132 Å². The number of nitrogens with one attached hydrogen (secondary N) is 1. The minimum absolute atomic E-state index is 0.509. The number of likely N-dealkylation sites (tertiary alicyclic amines) is 1. The van der Waals surface area contributed by atoms with Gasteiger partial charge in [0.15, 0.2) is 5.96 Å². The first-order valence-electron chi connectivity index (χ1n) is 7.80. The zero-order valence-corrected chi connectivity index (χ0v) is 14.2. The normalized spacial score (nSPS) is 20.8. The van der Waals surface area contributed by atoms with Gasteiger partial charge in [-0.05, 0) is 41.7 Å². The van der Waals surface area contributed by atoms with Crippen molar-refractivity contribution >= 4 is 17.3 Å². The van der Waals surface area contributed by atoms with E-state index in [1.165, 1.54) is 12.0 Å². The maximum atomic E-state index is 5.54. The molecule has 0 amide bonds. The third kappa shape index (κ3) is 4.71. The molecule has 2 atom stereocenters. The molecule has 1 aromatic heterocycles. The summed E-state index contributed by atoms with van der Waals surface area (Å²) in [6.45, 7) is 9.03. The molecule has 21 heavy (non-hydrogen) atoms. The van der Waals surface area contributed by atoms with Crippen LogP contribution in [0.1, 0.15) is 31.7 Å². The third-order valence-corrected chi connectivity index (χ3v) is 4.73. The summed E-state index contributed by atoms with van der Waals surface area (Å²) in [5.41, 5.74) is 1.40. The highest BCUT2D eigenvalue weighted by Crippen LogP contribution is 2.19. The van der Waals surface area contributed by atoms with Crippen molar-refractivity contribution in [1.29, 1.82) is 0 Å². The molecule has 118 valence electrons. The lowest BCUT2D eigenvalue weighted by molar-refractivity contribution is 0.114. The van der Waals surface area contributed by atoms with E-state index in [0.29, 0.717) is 11.8 Å². The first kappa shape index (κ1) is 16.3. The van der Waals surface area contributed by atoms with Gasteiger partial charge in [-0.3, -0.25) is 4.99 Å². The standard InChI is InChI=1S/C16H27N3OS/c1-4-20-11-14-5-7-19(10-14)16(17-3)18-9-13(2)15-6-8-21-12-15/h6,8,12-14H,4-5,7,9-11H2,1-3H3,(H,17,18). The molecule has 0 saturated carbocycles. The van der Waals surface area contributed by atoms with Gasteiger partial charge in [-0.1, -0.05) is 6.92 Å². The molecular formula is C16H27N3OS. The SMILES string of the molecule is CCOCC1CCN(C(=NC)NCC(C)c2ccsc2)C1. The second-order valence-electron chi connectivity index (χ2n) is 5.65. The van der Waals surface area contributed by atoms with Crippen molar-refractivity contribution < 1.29 is 4.74 Å². The molecule has 5 heteroatoms. The molecule has 1 saturated heterocycles. The van der Waals surface area contributed by atoms with Crippen molar-refractivity contribution in [3.8, 4) is 0 Å². The van der Waals surface area contributed by atoms with E-state index in [-0.39, 0.29) is 0 Å². The van der Waals surface area contributed by atoms with E-state index >= 15 is 0 Å². The fourth-order valence-corrected chi connectivity index (χ4v) is 3.48. The monoisotopic (exact) mass is 309 g/mol. The van der Waals surface area contributed by atoms with Crippen LogP contribution in [0.4, 0.5) is 0 Å². The van der Waals surface area contributed by atoms with Crippen molar-refractivity contribution in [2.24, 2.45) is 10.9 Å². The molecule has 2 rings (SSSR count). The number of ether oxygens (including phenoxy) is 1. The smallest absolute Gasteiger partial charge is 0.193 e. The Hall–Kier alpha value is -1.07. The molecule has 0 spiro atoms. The number of thiophene rings is 1. The van der Waals surface area contributed by atoms with Gasteiger partial charge in [-0.15, -0.1) is 0 Å². The van der Waals surface area contributed by atoms with Gasteiger partial charge in [-0.25, -0.2) is 0 Å². The van der Waals surface area contributed by atoms with Crippen molar-refractivity contribution in [3.63, 3.8) is 0 Å². The van der Waals surface area contributed by atoms with Crippen LogP contribution in [-0.4, -0.2) is 50.8 Å². The molecule has 1 N–H and O–H groups in total. The van der Waals surface area contributed by atoms with E-state index in [1.54, 1.807) is 11.3 Å². The zero-order chi connectivity index (χ0) is 15.1. The number of hydrogen-bond acceptors (Lipinski definition) is 3. The average molecular weight is 309 g/mol. The van der Waals surface area contributed by atoms with Crippen LogP contribution in [0.25, 0.3) is 0 Å². The van der Waals surface area contributed by atoms with E-state index in [0.717, 1.165) is 38.8 Å². The Morgan fingerprint density at radius 2 is 2.48 bits per heavy atom. The van der Waals surface area contributed by atoms with Gasteiger partial charge in [0, 0.05) is 39.2 Å². The lowest BCUT2D eigenvalue weighted by atomic mass is 10.1. The fourth-order valence-electron chi connectivity index (χ4n) is 2.70. The molecule has 4 nitrogen and oxygen atoms in total. The molecule has 0 aliphatic carbocycles. The van der Waals surface area contributed by atoms with E-state index in [4.69, 9.17) is 4.74 Å². The van der Waals surface area contributed by atoms with Crippen LogP contribution < -0.4 is 5.32 Å². The summed E-state index contributed by atoms with van der Waals surface area (Å²) < 4.78 is 5.54. The van der Waals surface area contributed by atoms with Gasteiger partial charge >= 0.3 is 0 Å². The van der Waals surface area contributed by atoms with Crippen LogP contribution in [0.5, 0.6) is 0 Å². The Morgan fingerprint density at radius 3 is 3.14 bits per heavy atom. The Morgan fingerprint density at radius 1 is 1.62 bits per heavy atom. The van der Waals surface area contributed by atoms with Gasteiger partial charge in [-0.2, -0.15) is 11.3 Å². The first-order chi connectivity index (χ1) is 10.2. The predicted molar refractivity (Wildman–Crippen MR) is 90.3 cm³/mol. The molecule has 1 aliphatic heterocycles. The fraction of sp³-hybridized carbons (Fsp3) is 0.688. The third-order valence-electron chi connectivity index (χ3n) is 4.03. The Balaban J connectivity index is 1.78. The molecule has 1 aliphatic rings. The van der Waals surface area contributed by atoms with Crippen molar-refractivity contribution in [2.45, 2.75) is 26.2 Å². The van der Waals surface area contributed by atoms with Crippen molar-refractivity contribution in [2.75, 3.05) is 39.9 Å².